The van der Waals surface area contributed by atoms with Crippen LogP contribution in [-0.2, 0) is 20.7 Å². The highest BCUT2D eigenvalue weighted by atomic mass is 32.1. The molecule has 1 atom stereocenters. The molecule has 1 aromatic heterocycles. The number of methoxy groups -OCH3 is 1. The van der Waals surface area contributed by atoms with Crippen LogP contribution in [0.5, 0.6) is 0 Å². The van der Waals surface area contributed by atoms with Crippen molar-refractivity contribution in [2.24, 2.45) is 5.92 Å². The molecule has 0 spiro atoms. The van der Waals surface area contributed by atoms with Crippen LogP contribution in [0.2, 0.25) is 0 Å². The molecule has 0 radical (unpaired) electrons. The summed E-state index contributed by atoms with van der Waals surface area (Å²) in [4.78, 5) is 31.3. The summed E-state index contributed by atoms with van der Waals surface area (Å²) in [6.07, 6.45) is 4.41. The third-order valence-electron chi connectivity index (χ3n) is 6.34. The molecule has 31 heavy (non-hydrogen) atoms. The third-order valence-corrected chi connectivity index (χ3v) is 7.34. The molecule has 1 aromatic carbocycles. The maximum absolute atomic E-state index is 13.5. The van der Waals surface area contributed by atoms with Crippen LogP contribution in [0.15, 0.2) is 35.7 Å². The SMILES string of the molecule is COCCCN(CC(=O)N1CCc2sccc2C1c1ccc(F)cc1)C(=O)C1CCC1. The van der Waals surface area contributed by atoms with Crippen molar-refractivity contribution in [2.75, 3.05) is 33.4 Å². The number of rotatable bonds is 8. The first-order chi connectivity index (χ1) is 15.1. The average molecular weight is 445 g/mol. The highest BCUT2D eigenvalue weighted by Crippen LogP contribution is 2.38. The standard InChI is InChI=1S/C24H29FN2O3S/c1-30-14-3-12-26(24(29)18-4-2-5-18)16-22(28)27-13-10-21-20(11-15-31-21)23(27)17-6-8-19(25)9-7-17/h6-9,11,15,18,23H,2-5,10,12-14,16H2,1H3. The van der Waals surface area contributed by atoms with E-state index in [1.807, 2.05) is 10.3 Å². The van der Waals surface area contributed by atoms with Gasteiger partial charge in [0.2, 0.25) is 11.8 Å². The predicted molar refractivity (Wildman–Crippen MR) is 118 cm³/mol. The van der Waals surface area contributed by atoms with E-state index in [4.69, 9.17) is 4.74 Å². The number of hydrogen-bond acceptors (Lipinski definition) is 4. The second-order valence-electron chi connectivity index (χ2n) is 8.32. The molecule has 0 saturated heterocycles. The van der Waals surface area contributed by atoms with Gasteiger partial charge in [0.25, 0.3) is 0 Å². The van der Waals surface area contributed by atoms with E-state index in [0.29, 0.717) is 26.1 Å². The Bertz CT molecular complexity index is 910. The van der Waals surface area contributed by atoms with Crippen LogP contribution < -0.4 is 0 Å². The van der Waals surface area contributed by atoms with Gasteiger partial charge in [0, 0.05) is 37.6 Å². The topological polar surface area (TPSA) is 49.9 Å². The Balaban J connectivity index is 1.55. The zero-order valence-corrected chi connectivity index (χ0v) is 18.7. The second kappa shape index (κ2) is 9.92. The van der Waals surface area contributed by atoms with Gasteiger partial charge in [-0.1, -0.05) is 18.6 Å². The number of nitrogens with zero attached hydrogens (tertiary/aromatic N) is 2. The van der Waals surface area contributed by atoms with Crippen molar-refractivity contribution in [1.82, 2.24) is 9.80 Å². The van der Waals surface area contributed by atoms with Gasteiger partial charge in [-0.25, -0.2) is 4.39 Å². The smallest absolute Gasteiger partial charge is 0.242 e. The van der Waals surface area contributed by atoms with Crippen LogP contribution in [0.25, 0.3) is 0 Å². The number of carbonyl (C=O) groups is 2. The van der Waals surface area contributed by atoms with Gasteiger partial charge in [0.05, 0.1) is 12.6 Å². The van der Waals surface area contributed by atoms with Crippen LogP contribution in [0, 0.1) is 11.7 Å². The first-order valence-electron chi connectivity index (χ1n) is 11.0. The number of fused-ring (bicyclic) bond motifs is 1. The first kappa shape index (κ1) is 22.0. The zero-order valence-electron chi connectivity index (χ0n) is 17.9. The molecule has 1 aliphatic carbocycles. The van der Waals surface area contributed by atoms with Crippen LogP contribution in [0.3, 0.4) is 0 Å². The summed E-state index contributed by atoms with van der Waals surface area (Å²) in [7, 11) is 1.64. The van der Waals surface area contributed by atoms with Crippen molar-refractivity contribution in [2.45, 2.75) is 38.1 Å². The second-order valence-corrected chi connectivity index (χ2v) is 9.32. The Kier molecular flexibility index (Phi) is 7.02. The normalized spacial score (nSPS) is 18.4. The molecule has 0 bridgehead atoms. The Morgan fingerprint density at radius 1 is 1.23 bits per heavy atom. The number of carbonyl (C=O) groups excluding carboxylic acids is 2. The molecule has 4 rings (SSSR count). The molecule has 1 unspecified atom stereocenters. The lowest BCUT2D eigenvalue weighted by atomic mass is 9.84. The van der Waals surface area contributed by atoms with E-state index in [2.05, 4.69) is 6.07 Å². The van der Waals surface area contributed by atoms with Crippen LogP contribution in [0.1, 0.15) is 47.7 Å². The van der Waals surface area contributed by atoms with Gasteiger partial charge in [0.15, 0.2) is 0 Å². The van der Waals surface area contributed by atoms with E-state index in [9.17, 15) is 14.0 Å². The lowest BCUT2D eigenvalue weighted by molar-refractivity contribution is -0.145. The molecule has 2 aliphatic rings. The Morgan fingerprint density at radius 3 is 2.68 bits per heavy atom. The van der Waals surface area contributed by atoms with Gasteiger partial charge < -0.3 is 14.5 Å². The minimum absolute atomic E-state index is 0.0491. The summed E-state index contributed by atoms with van der Waals surface area (Å²) in [5.41, 5.74) is 2.00. The van der Waals surface area contributed by atoms with Crippen molar-refractivity contribution in [3.8, 4) is 0 Å². The minimum atomic E-state index is -0.293. The lowest BCUT2D eigenvalue weighted by Gasteiger charge is -2.38. The van der Waals surface area contributed by atoms with Crippen LogP contribution in [-0.4, -0.2) is 55.0 Å². The van der Waals surface area contributed by atoms with Gasteiger partial charge in [-0.05, 0) is 60.4 Å². The maximum Gasteiger partial charge on any atom is 0.242 e. The molecule has 2 heterocycles. The average Bonchev–Trinajstić information content (AvgIpc) is 3.20. The highest BCUT2D eigenvalue weighted by Gasteiger charge is 2.35. The van der Waals surface area contributed by atoms with Crippen LogP contribution in [0.4, 0.5) is 4.39 Å². The van der Waals surface area contributed by atoms with Crippen molar-refractivity contribution in [3.63, 3.8) is 0 Å². The van der Waals surface area contributed by atoms with Crippen molar-refractivity contribution >= 4 is 23.2 Å². The Morgan fingerprint density at radius 2 is 2.00 bits per heavy atom. The van der Waals surface area contributed by atoms with E-state index in [-0.39, 0.29) is 36.1 Å². The fourth-order valence-corrected chi connectivity index (χ4v) is 5.33. The molecule has 1 fully saturated rings. The van der Waals surface area contributed by atoms with E-state index in [1.165, 1.54) is 17.0 Å². The molecule has 166 valence electrons. The minimum Gasteiger partial charge on any atom is -0.385 e. The predicted octanol–water partition coefficient (Wildman–Crippen LogP) is 4.03. The summed E-state index contributed by atoms with van der Waals surface area (Å²) in [6.45, 7) is 1.75. The third kappa shape index (κ3) is 4.83. The molecular formula is C24H29FN2O3S. The number of ether oxygens (including phenoxy) is 1. The maximum atomic E-state index is 13.5. The first-order valence-corrected chi connectivity index (χ1v) is 11.9. The summed E-state index contributed by atoms with van der Waals surface area (Å²) in [6, 6.07) is 8.20. The Hall–Kier alpha value is -2.25. The molecule has 1 saturated carbocycles. The number of amides is 2. The van der Waals surface area contributed by atoms with Gasteiger partial charge >= 0.3 is 0 Å². The highest BCUT2D eigenvalue weighted by molar-refractivity contribution is 7.10. The molecule has 1 aliphatic heterocycles. The summed E-state index contributed by atoms with van der Waals surface area (Å²) in [5, 5.41) is 2.05. The lowest BCUT2D eigenvalue weighted by Crippen LogP contribution is -2.49. The van der Waals surface area contributed by atoms with Gasteiger partial charge in [-0.2, -0.15) is 0 Å². The molecule has 7 heteroatoms. The molecular weight excluding hydrogens is 415 g/mol. The Labute approximate surface area is 186 Å². The van der Waals surface area contributed by atoms with Gasteiger partial charge in [-0.3, -0.25) is 9.59 Å². The molecule has 2 aromatic rings. The monoisotopic (exact) mass is 444 g/mol. The quantitative estimate of drug-likeness (QED) is 0.578. The van der Waals surface area contributed by atoms with E-state index >= 15 is 0 Å². The van der Waals surface area contributed by atoms with E-state index in [0.717, 1.165) is 36.8 Å². The zero-order chi connectivity index (χ0) is 21.8. The summed E-state index contributed by atoms with van der Waals surface area (Å²) >= 11 is 1.70. The molecule has 2 amide bonds. The van der Waals surface area contributed by atoms with Gasteiger partial charge in [-0.15, -0.1) is 11.3 Å². The van der Waals surface area contributed by atoms with Gasteiger partial charge in [0.1, 0.15) is 5.82 Å². The molecule has 0 N–H and O–H groups in total. The van der Waals surface area contributed by atoms with Crippen molar-refractivity contribution in [3.05, 3.63) is 57.5 Å². The van der Waals surface area contributed by atoms with Crippen LogP contribution >= 0.6 is 11.3 Å². The number of hydrogen-bond donors (Lipinski definition) is 0. The number of thiophene rings is 1. The fourth-order valence-electron chi connectivity index (χ4n) is 4.42. The van der Waals surface area contributed by atoms with E-state index < -0.39 is 0 Å². The number of benzene rings is 1. The summed E-state index contributed by atoms with van der Waals surface area (Å²) in [5.74, 6) is -0.218. The summed E-state index contributed by atoms with van der Waals surface area (Å²) < 4.78 is 18.7. The fraction of sp³-hybridized carbons (Fsp3) is 0.500. The largest absolute Gasteiger partial charge is 0.385 e. The number of halogens is 1. The van der Waals surface area contributed by atoms with Crippen molar-refractivity contribution < 1.29 is 18.7 Å². The van der Waals surface area contributed by atoms with E-state index in [1.54, 1.807) is 35.5 Å². The molecule has 5 nitrogen and oxygen atoms in total. The van der Waals surface area contributed by atoms with Crippen molar-refractivity contribution in [1.29, 1.82) is 0 Å².